The summed E-state index contributed by atoms with van der Waals surface area (Å²) >= 11 is 0. The van der Waals surface area contributed by atoms with E-state index >= 15 is 0 Å². The van der Waals surface area contributed by atoms with E-state index in [1.165, 1.54) is 6.92 Å². The number of nitrogens with one attached hydrogen (secondary N) is 1. The maximum Gasteiger partial charge on any atom is 0.257 e. The number of nitrogens with zero attached hydrogens (tertiary/aromatic N) is 2. The molecule has 1 aromatic carbocycles. The lowest BCUT2D eigenvalue weighted by Gasteiger charge is -2.36. The molecule has 1 heterocycles. The van der Waals surface area contributed by atoms with Crippen molar-refractivity contribution in [2.75, 3.05) is 39.2 Å². The maximum atomic E-state index is 13.2. The topological polar surface area (TPSA) is 88.2 Å². The lowest BCUT2D eigenvalue weighted by atomic mass is 10.0. The van der Waals surface area contributed by atoms with Gasteiger partial charge in [-0.1, -0.05) is 6.92 Å². The van der Waals surface area contributed by atoms with E-state index in [4.69, 9.17) is 9.47 Å². The molecule has 0 bridgehead atoms. The molecule has 3 atom stereocenters. The molecule has 31 heavy (non-hydrogen) atoms. The van der Waals surface area contributed by atoms with Gasteiger partial charge in [0.2, 0.25) is 11.8 Å². The smallest absolute Gasteiger partial charge is 0.257 e. The first-order valence-electron chi connectivity index (χ1n) is 10.8. The number of amides is 3. The SMILES string of the molecule is CO[C@H]1CN(C)C(=O)c2cc(NC(C)=O)ccc2OC[C@H](C)N(C(=O)C2CC2)C[C@@H]1C. The zero-order valence-corrected chi connectivity index (χ0v) is 19.0. The summed E-state index contributed by atoms with van der Waals surface area (Å²) in [5.41, 5.74) is 0.892. The van der Waals surface area contributed by atoms with Crippen molar-refractivity contribution in [3.63, 3.8) is 0 Å². The van der Waals surface area contributed by atoms with Crippen LogP contribution >= 0.6 is 0 Å². The second kappa shape index (κ2) is 9.68. The molecule has 1 N–H and O–H groups in total. The third-order valence-electron chi connectivity index (χ3n) is 5.97. The van der Waals surface area contributed by atoms with Crippen molar-refractivity contribution >= 4 is 23.4 Å². The van der Waals surface area contributed by atoms with E-state index < -0.39 is 0 Å². The molecule has 1 fully saturated rings. The van der Waals surface area contributed by atoms with Crippen molar-refractivity contribution in [3.05, 3.63) is 23.8 Å². The van der Waals surface area contributed by atoms with Crippen molar-refractivity contribution in [1.29, 1.82) is 0 Å². The van der Waals surface area contributed by atoms with E-state index in [1.807, 2.05) is 18.7 Å². The number of rotatable bonds is 3. The number of fused-ring (bicyclic) bond motifs is 1. The quantitative estimate of drug-likeness (QED) is 0.794. The summed E-state index contributed by atoms with van der Waals surface area (Å²) < 4.78 is 11.7. The summed E-state index contributed by atoms with van der Waals surface area (Å²) in [4.78, 5) is 41.2. The van der Waals surface area contributed by atoms with E-state index in [2.05, 4.69) is 5.32 Å². The van der Waals surface area contributed by atoms with Gasteiger partial charge in [-0.05, 0) is 38.0 Å². The van der Waals surface area contributed by atoms with Gasteiger partial charge in [0, 0.05) is 51.7 Å². The molecule has 3 rings (SSSR count). The lowest BCUT2D eigenvalue weighted by Crippen LogP contribution is -2.49. The van der Waals surface area contributed by atoms with Crippen LogP contribution in [0.25, 0.3) is 0 Å². The summed E-state index contributed by atoms with van der Waals surface area (Å²) in [6.45, 7) is 6.63. The van der Waals surface area contributed by atoms with Crippen molar-refractivity contribution in [3.8, 4) is 5.75 Å². The van der Waals surface area contributed by atoms with Gasteiger partial charge in [0.1, 0.15) is 12.4 Å². The molecule has 1 aromatic rings. The van der Waals surface area contributed by atoms with Gasteiger partial charge in [-0.25, -0.2) is 0 Å². The standard InChI is InChI=1S/C23H33N3O5/c1-14-11-26(22(28)17-6-7-17)15(2)13-31-20-9-8-18(24-16(3)27)10-19(20)23(29)25(4)12-21(14)30-5/h8-10,14-15,17,21H,6-7,11-13H2,1-5H3,(H,24,27)/t14-,15-,21-/m0/s1. The first-order chi connectivity index (χ1) is 14.7. The number of methoxy groups -OCH3 is 1. The Morgan fingerprint density at radius 1 is 1.19 bits per heavy atom. The van der Waals surface area contributed by atoms with Crippen LogP contribution in [-0.2, 0) is 14.3 Å². The van der Waals surface area contributed by atoms with Crippen molar-refractivity contribution < 1.29 is 23.9 Å². The van der Waals surface area contributed by atoms with Gasteiger partial charge in [-0.3, -0.25) is 14.4 Å². The highest BCUT2D eigenvalue weighted by Gasteiger charge is 2.37. The average Bonchev–Trinajstić information content (AvgIpc) is 3.57. The summed E-state index contributed by atoms with van der Waals surface area (Å²) in [6.07, 6.45) is 1.66. The predicted octanol–water partition coefficient (Wildman–Crippen LogP) is 2.39. The molecular weight excluding hydrogens is 398 g/mol. The second-order valence-corrected chi connectivity index (χ2v) is 8.75. The molecule has 1 aliphatic heterocycles. The van der Waals surface area contributed by atoms with Gasteiger partial charge >= 0.3 is 0 Å². The van der Waals surface area contributed by atoms with Crippen LogP contribution in [0.1, 0.15) is 44.0 Å². The van der Waals surface area contributed by atoms with Crippen LogP contribution in [0.3, 0.4) is 0 Å². The van der Waals surface area contributed by atoms with Crippen LogP contribution in [0.4, 0.5) is 5.69 Å². The van der Waals surface area contributed by atoms with Crippen LogP contribution in [-0.4, -0.2) is 73.5 Å². The minimum atomic E-state index is -0.224. The molecule has 0 unspecified atom stereocenters. The second-order valence-electron chi connectivity index (χ2n) is 8.75. The van der Waals surface area contributed by atoms with Crippen molar-refractivity contribution in [2.24, 2.45) is 11.8 Å². The van der Waals surface area contributed by atoms with Crippen LogP contribution < -0.4 is 10.1 Å². The van der Waals surface area contributed by atoms with Gasteiger partial charge in [0.25, 0.3) is 5.91 Å². The Morgan fingerprint density at radius 3 is 2.52 bits per heavy atom. The fraction of sp³-hybridized carbons (Fsp3) is 0.609. The Bertz CT molecular complexity index is 839. The Labute approximate surface area is 183 Å². The lowest BCUT2D eigenvalue weighted by molar-refractivity contribution is -0.136. The minimum absolute atomic E-state index is 0.0370. The molecular formula is C23H33N3O5. The first kappa shape index (κ1) is 23.1. The summed E-state index contributed by atoms with van der Waals surface area (Å²) in [6, 6.07) is 4.87. The zero-order valence-electron chi connectivity index (χ0n) is 19.0. The van der Waals surface area contributed by atoms with E-state index in [-0.39, 0.29) is 48.3 Å². The molecule has 0 saturated heterocycles. The number of carbonyl (C=O) groups excluding carboxylic acids is 3. The summed E-state index contributed by atoms with van der Waals surface area (Å²) in [5.74, 6) is 0.316. The Morgan fingerprint density at radius 2 is 1.90 bits per heavy atom. The number of carbonyl (C=O) groups is 3. The third-order valence-corrected chi connectivity index (χ3v) is 5.97. The number of hydrogen-bond acceptors (Lipinski definition) is 5. The molecule has 2 aliphatic rings. The van der Waals surface area contributed by atoms with Crippen molar-refractivity contribution in [1.82, 2.24) is 9.80 Å². The van der Waals surface area contributed by atoms with Gasteiger partial charge in [0.05, 0.1) is 17.7 Å². The first-order valence-corrected chi connectivity index (χ1v) is 10.8. The normalized spacial score (nSPS) is 25.1. The van der Waals surface area contributed by atoms with Crippen LogP contribution in [0.15, 0.2) is 18.2 Å². The highest BCUT2D eigenvalue weighted by molar-refractivity contribution is 5.99. The number of anilines is 1. The third kappa shape index (κ3) is 5.55. The Hall–Kier alpha value is -2.61. The number of likely N-dealkylation sites (N-methyl/N-ethyl adjacent to an activating group) is 1. The van der Waals surface area contributed by atoms with Gasteiger partial charge < -0.3 is 24.6 Å². The molecule has 3 amide bonds. The molecule has 8 heteroatoms. The fourth-order valence-electron chi connectivity index (χ4n) is 3.93. The van der Waals surface area contributed by atoms with Crippen LogP contribution in [0.5, 0.6) is 5.75 Å². The average molecular weight is 432 g/mol. The largest absolute Gasteiger partial charge is 0.491 e. The Kier molecular flexibility index (Phi) is 7.20. The number of hydrogen-bond donors (Lipinski definition) is 1. The van der Waals surface area contributed by atoms with Gasteiger partial charge in [0.15, 0.2) is 0 Å². The number of ether oxygens (including phenoxy) is 2. The molecule has 1 aliphatic carbocycles. The van der Waals surface area contributed by atoms with E-state index in [1.54, 1.807) is 37.3 Å². The van der Waals surface area contributed by atoms with Gasteiger partial charge in [-0.2, -0.15) is 0 Å². The zero-order chi connectivity index (χ0) is 22.7. The highest BCUT2D eigenvalue weighted by atomic mass is 16.5. The fourth-order valence-corrected chi connectivity index (χ4v) is 3.93. The molecule has 0 radical (unpaired) electrons. The van der Waals surface area contributed by atoms with E-state index in [0.29, 0.717) is 30.1 Å². The monoisotopic (exact) mass is 431 g/mol. The predicted molar refractivity (Wildman–Crippen MR) is 117 cm³/mol. The molecule has 0 aromatic heterocycles. The summed E-state index contributed by atoms with van der Waals surface area (Å²) in [5, 5.41) is 2.71. The highest BCUT2D eigenvalue weighted by Crippen LogP contribution is 2.33. The van der Waals surface area contributed by atoms with E-state index in [0.717, 1.165) is 12.8 Å². The van der Waals surface area contributed by atoms with E-state index in [9.17, 15) is 14.4 Å². The summed E-state index contributed by atoms with van der Waals surface area (Å²) in [7, 11) is 3.35. The maximum absolute atomic E-state index is 13.2. The Balaban J connectivity index is 1.95. The van der Waals surface area contributed by atoms with Crippen LogP contribution in [0, 0.1) is 11.8 Å². The van der Waals surface area contributed by atoms with Gasteiger partial charge in [-0.15, -0.1) is 0 Å². The molecule has 8 nitrogen and oxygen atoms in total. The van der Waals surface area contributed by atoms with Crippen LogP contribution in [0.2, 0.25) is 0 Å². The van der Waals surface area contributed by atoms with Crippen molar-refractivity contribution in [2.45, 2.75) is 45.8 Å². The molecule has 170 valence electrons. The number of benzene rings is 1. The minimum Gasteiger partial charge on any atom is -0.491 e. The molecule has 1 saturated carbocycles. The molecule has 0 spiro atoms.